The van der Waals surface area contributed by atoms with Gasteiger partial charge < -0.3 is 27.0 Å². The molecule has 1 fully saturated rings. The molecule has 29 heavy (non-hydrogen) atoms. The molecule has 1 aliphatic heterocycles. The molecule has 0 radical (unpaired) electrons. The molecule has 7 nitrogen and oxygen atoms in total. The number of hydrogen-bond acceptors (Lipinski definition) is 4. The Balaban J connectivity index is 1.43. The first-order valence-corrected chi connectivity index (χ1v) is 10.1. The van der Waals surface area contributed by atoms with Crippen LogP contribution in [0, 0.1) is 5.92 Å². The van der Waals surface area contributed by atoms with Gasteiger partial charge >= 0.3 is 6.03 Å². The molecule has 1 aliphatic rings. The largest absolute Gasteiger partial charge is 0.399 e. The van der Waals surface area contributed by atoms with E-state index in [-0.39, 0.29) is 11.9 Å². The predicted molar refractivity (Wildman–Crippen MR) is 116 cm³/mol. The Hall–Kier alpha value is -3.06. The maximum Gasteiger partial charge on any atom is 0.319 e. The number of piperidine rings is 1. The molecular weight excluding hydrogens is 366 g/mol. The number of amides is 3. The van der Waals surface area contributed by atoms with Gasteiger partial charge in [-0.15, -0.1) is 0 Å². The SMILES string of the molecule is Nc1ccc(NC(=O)NCc2cccc(C(=O)NCCC3CCNCC3)c2)cc1. The van der Waals surface area contributed by atoms with Crippen LogP contribution in [0.4, 0.5) is 16.2 Å². The first-order chi connectivity index (χ1) is 14.1. The van der Waals surface area contributed by atoms with Crippen molar-refractivity contribution in [2.75, 3.05) is 30.7 Å². The van der Waals surface area contributed by atoms with Crippen LogP contribution in [0.1, 0.15) is 35.2 Å². The lowest BCUT2D eigenvalue weighted by Gasteiger charge is -2.22. The van der Waals surface area contributed by atoms with Crippen molar-refractivity contribution in [2.24, 2.45) is 5.92 Å². The van der Waals surface area contributed by atoms with Crippen molar-refractivity contribution in [1.82, 2.24) is 16.0 Å². The number of hydrogen-bond donors (Lipinski definition) is 5. The topological polar surface area (TPSA) is 108 Å². The Kier molecular flexibility index (Phi) is 7.47. The van der Waals surface area contributed by atoms with Gasteiger partial charge in [0, 0.05) is 30.0 Å². The summed E-state index contributed by atoms with van der Waals surface area (Å²) < 4.78 is 0. The highest BCUT2D eigenvalue weighted by molar-refractivity contribution is 5.94. The Morgan fingerprint density at radius 2 is 1.79 bits per heavy atom. The average Bonchev–Trinajstić information content (AvgIpc) is 2.75. The fourth-order valence-corrected chi connectivity index (χ4v) is 3.41. The summed E-state index contributed by atoms with van der Waals surface area (Å²) in [6.07, 6.45) is 3.37. The summed E-state index contributed by atoms with van der Waals surface area (Å²) in [7, 11) is 0. The van der Waals surface area contributed by atoms with Crippen LogP contribution < -0.4 is 27.0 Å². The summed E-state index contributed by atoms with van der Waals surface area (Å²) in [4.78, 5) is 24.5. The molecule has 3 rings (SSSR count). The highest BCUT2D eigenvalue weighted by Gasteiger charge is 2.13. The molecule has 7 heteroatoms. The van der Waals surface area contributed by atoms with Crippen molar-refractivity contribution in [3.8, 4) is 0 Å². The molecule has 0 unspecified atom stereocenters. The van der Waals surface area contributed by atoms with Crippen molar-refractivity contribution < 1.29 is 9.59 Å². The van der Waals surface area contributed by atoms with Gasteiger partial charge in [-0.1, -0.05) is 12.1 Å². The van der Waals surface area contributed by atoms with Crippen molar-refractivity contribution in [1.29, 1.82) is 0 Å². The van der Waals surface area contributed by atoms with E-state index in [1.807, 2.05) is 18.2 Å². The van der Waals surface area contributed by atoms with Crippen molar-refractivity contribution in [2.45, 2.75) is 25.8 Å². The van der Waals surface area contributed by atoms with Crippen LogP contribution in [-0.2, 0) is 6.54 Å². The van der Waals surface area contributed by atoms with Crippen LogP contribution >= 0.6 is 0 Å². The summed E-state index contributed by atoms with van der Waals surface area (Å²) in [5.74, 6) is 0.610. The van der Waals surface area contributed by atoms with Crippen LogP contribution in [0.25, 0.3) is 0 Å². The Morgan fingerprint density at radius 3 is 2.55 bits per heavy atom. The molecule has 1 heterocycles. The second-order valence-corrected chi connectivity index (χ2v) is 7.37. The number of rotatable bonds is 7. The lowest BCUT2D eigenvalue weighted by Crippen LogP contribution is -2.31. The molecule has 1 saturated heterocycles. The van der Waals surface area contributed by atoms with Gasteiger partial charge in [-0.25, -0.2) is 4.79 Å². The van der Waals surface area contributed by atoms with Gasteiger partial charge in [0.15, 0.2) is 0 Å². The van der Waals surface area contributed by atoms with Crippen LogP contribution in [0.5, 0.6) is 0 Å². The van der Waals surface area contributed by atoms with Gasteiger partial charge in [0.05, 0.1) is 0 Å². The van der Waals surface area contributed by atoms with Gasteiger partial charge in [-0.05, 0) is 80.2 Å². The van der Waals surface area contributed by atoms with Crippen molar-refractivity contribution in [3.63, 3.8) is 0 Å². The van der Waals surface area contributed by atoms with E-state index < -0.39 is 0 Å². The van der Waals surface area contributed by atoms with Crippen LogP contribution in [0.2, 0.25) is 0 Å². The summed E-state index contributed by atoms with van der Waals surface area (Å²) in [6.45, 7) is 3.16. The van der Waals surface area contributed by atoms with E-state index in [0.29, 0.717) is 35.9 Å². The number of urea groups is 1. The number of nitrogens with two attached hydrogens (primary N) is 1. The maximum absolute atomic E-state index is 12.4. The molecule has 0 bridgehead atoms. The monoisotopic (exact) mass is 395 g/mol. The molecule has 0 spiro atoms. The van der Waals surface area contributed by atoms with Crippen LogP contribution in [0.15, 0.2) is 48.5 Å². The molecular formula is C22H29N5O2. The molecule has 0 atom stereocenters. The normalized spacial score (nSPS) is 14.2. The van der Waals surface area contributed by atoms with Gasteiger partial charge in [0.25, 0.3) is 5.91 Å². The highest BCUT2D eigenvalue weighted by atomic mass is 16.2. The number of nitrogens with one attached hydrogen (secondary N) is 4. The minimum absolute atomic E-state index is 0.0767. The second kappa shape index (κ2) is 10.5. The first kappa shape index (κ1) is 20.7. The maximum atomic E-state index is 12.4. The number of nitrogen functional groups attached to an aromatic ring is 1. The molecule has 6 N–H and O–H groups in total. The summed E-state index contributed by atoms with van der Waals surface area (Å²) in [6, 6.07) is 13.9. The number of carbonyl (C=O) groups is 2. The third-order valence-corrected chi connectivity index (χ3v) is 5.11. The highest BCUT2D eigenvalue weighted by Crippen LogP contribution is 2.15. The lowest BCUT2D eigenvalue weighted by molar-refractivity contribution is 0.0950. The summed E-state index contributed by atoms with van der Waals surface area (Å²) in [5.41, 5.74) is 8.41. The molecule has 0 saturated carbocycles. The average molecular weight is 396 g/mol. The predicted octanol–water partition coefficient (Wildman–Crippen LogP) is 2.71. The van der Waals surface area contributed by atoms with E-state index in [9.17, 15) is 9.59 Å². The van der Waals surface area contributed by atoms with Crippen LogP contribution in [-0.4, -0.2) is 31.6 Å². The van der Waals surface area contributed by atoms with E-state index in [4.69, 9.17) is 5.73 Å². The minimum atomic E-state index is -0.313. The van der Waals surface area contributed by atoms with Gasteiger partial charge in [0.2, 0.25) is 0 Å². The Bertz CT molecular complexity index is 816. The summed E-state index contributed by atoms with van der Waals surface area (Å²) >= 11 is 0. The Morgan fingerprint density at radius 1 is 1.03 bits per heavy atom. The van der Waals surface area contributed by atoms with E-state index in [1.54, 1.807) is 30.3 Å². The molecule has 154 valence electrons. The first-order valence-electron chi connectivity index (χ1n) is 10.1. The Labute approximate surface area is 171 Å². The quantitative estimate of drug-likeness (QED) is 0.465. The van der Waals surface area contributed by atoms with E-state index >= 15 is 0 Å². The van der Waals surface area contributed by atoms with Crippen molar-refractivity contribution >= 4 is 23.3 Å². The lowest BCUT2D eigenvalue weighted by atomic mass is 9.95. The van der Waals surface area contributed by atoms with E-state index in [0.717, 1.165) is 25.1 Å². The van der Waals surface area contributed by atoms with E-state index in [2.05, 4.69) is 21.3 Å². The minimum Gasteiger partial charge on any atom is -0.399 e. The molecule has 2 aromatic carbocycles. The molecule has 0 aliphatic carbocycles. The fraction of sp³-hybridized carbons (Fsp3) is 0.364. The number of carbonyl (C=O) groups excluding carboxylic acids is 2. The van der Waals surface area contributed by atoms with Gasteiger partial charge in [-0.2, -0.15) is 0 Å². The number of benzene rings is 2. The van der Waals surface area contributed by atoms with Gasteiger partial charge in [-0.3, -0.25) is 4.79 Å². The standard InChI is InChI=1S/C22H29N5O2/c23-19-4-6-20(7-5-19)27-22(29)26-15-17-2-1-3-18(14-17)21(28)25-13-10-16-8-11-24-12-9-16/h1-7,14,16,24H,8-13,15,23H2,(H,25,28)(H2,26,27,29). The van der Waals surface area contributed by atoms with Crippen LogP contribution in [0.3, 0.4) is 0 Å². The number of anilines is 2. The molecule has 3 amide bonds. The smallest absolute Gasteiger partial charge is 0.319 e. The zero-order valence-electron chi connectivity index (χ0n) is 16.5. The summed E-state index contributed by atoms with van der Waals surface area (Å²) in [5, 5.41) is 11.9. The molecule has 0 aromatic heterocycles. The van der Waals surface area contributed by atoms with E-state index in [1.165, 1.54) is 12.8 Å². The third-order valence-electron chi connectivity index (χ3n) is 5.11. The molecule has 2 aromatic rings. The van der Waals surface area contributed by atoms with Crippen molar-refractivity contribution in [3.05, 3.63) is 59.7 Å². The third kappa shape index (κ3) is 6.80. The van der Waals surface area contributed by atoms with Gasteiger partial charge in [0.1, 0.15) is 0 Å². The fourth-order valence-electron chi connectivity index (χ4n) is 3.41. The zero-order chi connectivity index (χ0) is 20.5. The zero-order valence-corrected chi connectivity index (χ0v) is 16.5. The second-order valence-electron chi connectivity index (χ2n) is 7.37.